The van der Waals surface area contributed by atoms with Crippen molar-refractivity contribution in [3.63, 3.8) is 0 Å². The van der Waals surface area contributed by atoms with Gasteiger partial charge in [-0.2, -0.15) is 0 Å². The second-order valence-corrected chi connectivity index (χ2v) is 7.96. The van der Waals surface area contributed by atoms with Crippen LogP contribution in [-0.2, 0) is 24.9 Å². The third-order valence-electron chi connectivity index (χ3n) is 5.65. The third kappa shape index (κ3) is 4.91. The van der Waals surface area contributed by atoms with Gasteiger partial charge in [0.25, 0.3) is 0 Å². The maximum absolute atomic E-state index is 11.0. The van der Waals surface area contributed by atoms with E-state index in [1.54, 1.807) is 6.20 Å². The van der Waals surface area contributed by atoms with Gasteiger partial charge in [-0.3, -0.25) is 9.80 Å². The van der Waals surface area contributed by atoms with Crippen LogP contribution < -0.4 is 4.74 Å². The molecule has 0 amide bonds. The average molecular weight is 386 g/mol. The Morgan fingerprint density at radius 2 is 1.93 bits per heavy atom. The van der Waals surface area contributed by atoms with Crippen molar-refractivity contribution < 1.29 is 14.6 Å². The van der Waals surface area contributed by atoms with Crippen molar-refractivity contribution in [3.8, 4) is 5.75 Å². The minimum atomic E-state index is -0.609. The van der Waals surface area contributed by atoms with Crippen LogP contribution in [0.5, 0.6) is 5.75 Å². The normalized spacial score (nSPS) is 23.9. The molecule has 1 N–H and O–H groups in total. The Balaban J connectivity index is 1.26. The molecule has 2 aliphatic rings. The number of β-amino-alcohol motifs (C(OH)–C–C–N with tert-alkyl or cyclic N) is 1. The highest BCUT2D eigenvalue weighted by atomic mass is 16.5. The lowest BCUT2D eigenvalue weighted by atomic mass is 10.0. The zero-order valence-electron chi connectivity index (χ0n) is 16.6. The van der Waals surface area contributed by atoms with Gasteiger partial charge >= 0.3 is 0 Å². The number of morpholine rings is 1. The zero-order chi connectivity index (χ0) is 19.4. The Hall–Kier alpha value is -1.93. The Labute approximate surface area is 166 Å². The maximum atomic E-state index is 11.0. The van der Waals surface area contributed by atoms with Gasteiger partial charge in [-0.1, -0.05) is 12.1 Å². The summed E-state index contributed by atoms with van der Waals surface area (Å²) in [5.41, 5.74) is 0.627. The highest BCUT2D eigenvalue weighted by Crippen LogP contribution is 2.25. The zero-order valence-corrected chi connectivity index (χ0v) is 16.6. The molecule has 0 saturated carbocycles. The van der Waals surface area contributed by atoms with E-state index in [0.29, 0.717) is 6.61 Å². The van der Waals surface area contributed by atoms with Crippen molar-refractivity contribution in [1.82, 2.24) is 19.4 Å². The smallest absolute Gasteiger partial charge is 0.146 e. The van der Waals surface area contributed by atoms with Crippen molar-refractivity contribution in [1.29, 1.82) is 0 Å². The molecule has 2 aliphatic heterocycles. The summed E-state index contributed by atoms with van der Waals surface area (Å²) in [6.45, 7) is 7.09. The number of aliphatic hydroxyl groups is 1. The van der Waals surface area contributed by atoms with E-state index in [4.69, 9.17) is 9.47 Å². The molecule has 2 aromatic rings. The molecule has 0 radical (unpaired) electrons. The van der Waals surface area contributed by atoms with Crippen molar-refractivity contribution in [2.24, 2.45) is 7.05 Å². The van der Waals surface area contributed by atoms with Crippen LogP contribution in [0.1, 0.15) is 17.8 Å². The van der Waals surface area contributed by atoms with E-state index in [-0.39, 0.29) is 0 Å². The number of benzene rings is 1. The first-order valence-electron chi connectivity index (χ1n) is 10.0. The van der Waals surface area contributed by atoms with E-state index in [9.17, 15) is 5.11 Å². The van der Waals surface area contributed by atoms with Crippen LogP contribution in [0.2, 0.25) is 0 Å². The SMILES string of the molecule is Cn1ccnc1COc1ccc(CN2CC[C@](O)(CN3CCOCC3)C2)cc1. The fraction of sp³-hybridized carbons (Fsp3) is 0.571. The lowest BCUT2D eigenvalue weighted by molar-refractivity contribution is -0.0266. The fourth-order valence-electron chi connectivity index (χ4n) is 4.01. The van der Waals surface area contributed by atoms with E-state index in [1.165, 1.54) is 5.56 Å². The number of ether oxygens (including phenoxy) is 2. The van der Waals surface area contributed by atoms with Gasteiger partial charge in [0.05, 0.1) is 18.8 Å². The quantitative estimate of drug-likeness (QED) is 0.773. The highest BCUT2D eigenvalue weighted by Gasteiger charge is 2.37. The van der Waals surface area contributed by atoms with Crippen molar-refractivity contribution in [2.75, 3.05) is 45.9 Å². The first-order valence-corrected chi connectivity index (χ1v) is 10.0. The van der Waals surface area contributed by atoms with Crippen molar-refractivity contribution >= 4 is 0 Å². The van der Waals surface area contributed by atoms with Crippen LogP contribution in [0, 0.1) is 0 Å². The summed E-state index contributed by atoms with van der Waals surface area (Å²) < 4.78 is 13.2. The molecule has 3 heterocycles. The number of hydrogen-bond acceptors (Lipinski definition) is 6. The molecule has 2 saturated heterocycles. The van der Waals surface area contributed by atoms with Crippen LogP contribution in [0.3, 0.4) is 0 Å². The Morgan fingerprint density at radius 1 is 1.14 bits per heavy atom. The number of aromatic nitrogens is 2. The molecule has 1 atom stereocenters. The van der Waals surface area contributed by atoms with Gasteiger partial charge in [-0.25, -0.2) is 4.98 Å². The van der Waals surface area contributed by atoms with E-state index in [2.05, 4.69) is 26.9 Å². The molecular formula is C21H30N4O3. The summed E-state index contributed by atoms with van der Waals surface area (Å²) in [6, 6.07) is 8.22. The largest absolute Gasteiger partial charge is 0.486 e. The molecule has 1 aromatic carbocycles. The molecule has 0 spiro atoms. The topological polar surface area (TPSA) is 63.0 Å². The predicted molar refractivity (Wildman–Crippen MR) is 106 cm³/mol. The van der Waals surface area contributed by atoms with Gasteiger partial charge in [0.2, 0.25) is 0 Å². The lowest BCUT2D eigenvalue weighted by Gasteiger charge is -2.33. The lowest BCUT2D eigenvalue weighted by Crippen LogP contribution is -2.48. The second kappa shape index (κ2) is 8.61. The van der Waals surface area contributed by atoms with Gasteiger partial charge in [-0.15, -0.1) is 0 Å². The molecule has 28 heavy (non-hydrogen) atoms. The molecule has 0 bridgehead atoms. The molecule has 0 unspecified atom stereocenters. The number of aryl methyl sites for hydroxylation is 1. The fourth-order valence-corrected chi connectivity index (χ4v) is 4.01. The number of hydrogen-bond donors (Lipinski definition) is 1. The minimum absolute atomic E-state index is 0.462. The number of imidazole rings is 1. The van der Waals surface area contributed by atoms with Gasteiger partial charge in [0.15, 0.2) is 0 Å². The molecule has 0 aliphatic carbocycles. The first-order chi connectivity index (χ1) is 13.6. The predicted octanol–water partition coefficient (Wildman–Crippen LogP) is 1.27. The first kappa shape index (κ1) is 19.4. The second-order valence-electron chi connectivity index (χ2n) is 7.96. The summed E-state index contributed by atoms with van der Waals surface area (Å²) in [6.07, 6.45) is 4.52. The molecule has 2 fully saturated rings. The van der Waals surface area contributed by atoms with E-state index in [0.717, 1.165) is 70.5 Å². The third-order valence-corrected chi connectivity index (χ3v) is 5.65. The van der Waals surface area contributed by atoms with E-state index in [1.807, 2.05) is 29.9 Å². The summed E-state index contributed by atoms with van der Waals surface area (Å²) >= 11 is 0. The van der Waals surface area contributed by atoms with Crippen LogP contribution in [0.15, 0.2) is 36.7 Å². The Morgan fingerprint density at radius 3 is 2.64 bits per heavy atom. The standard InChI is InChI=1S/C21H30N4O3/c1-23-9-7-22-20(23)15-28-19-4-2-18(3-5-19)14-25-8-6-21(26,17-25)16-24-10-12-27-13-11-24/h2-5,7,9,26H,6,8,10-17H2,1H3/t21-/m0/s1. The Kier molecular flexibility index (Phi) is 5.96. The van der Waals surface area contributed by atoms with Crippen molar-refractivity contribution in [2.45, 2.75) is 25.2 Å². The number of likely N-dealkylation sites (tertiary alicyclic amines) is 1. The Bertz CT molecular complexity index is 757. The van der Waals surface area contributed by atoms with Gasteiger partial charge < -0.3 is 19.1 Å². The number of rotatable bonds is 7. The molecular weight excluding hydrogens is 356 g/mol. The highest BCUT2D eigenvalue weighted by molar-refractivity contribution is 5.27. The van der Waals surface area contributed by atoms with Gasteiger partial charge in [0, 0.05) is 58.7 Å². The summed E-state index contributed by atoms with van der Waals surface area (Å²) in [7, 11) is 1.96. The summed E-state index contributed by atoms with van der Waals surface area (Å²) in [4.78, 5) is 8.93. The van der Waals surface area contributed by atoms with Crippen molar-refractivity contribution in [3.05, 3.63) is 48.0 Å². The van der Waals surface area contributed by atoms with Gasteiger partial charge in [-0.05, 0) is 24.1 Å². The summed E-state index contributed by atoms with van der Waals surface area (Å²) in [5, 5.41) is 11.0. The van der Waals surface area contributed by atoms with E-state index >= 15 is 0 Å². The summed E-state index contributed by atoms with van der Waals surface area (Å²) in [5.74, 6) is 1.75. The average Bonchev–Trinajstić information content (AvgIpc) is 3.27. The molecule has 4 rings (SSSR count). The van der Waals surface area contributed by atoms with E-state index < -0.39 is 5.60 Å². The van der Waals surface area contributed by atoms with Gasteiger partial charge in [0.1, 0.15) is 18.2 Å². The van der Waals surface area contributed by atoms with Crippen LogP contribution in [0.25, 0.3) is 0 Å². The van der Waals surface area contributed by atoms with Crippen LogP contribution >= 0.6 is 0 Å². The monoisotopic (exact) mass is 386 g/mol. The molecule has 152 valence electrons. The molecule has 7 heteroatoms. The number of nitrogens with zero attached hydrogens (tertiary/aromatic N) is 4. The molecule has 7 nitrogen and oxygen atoms in total. The van der Waals surface area contributed by atoms with Crippen LogP contribution in [0.4, 0.5) is 0 Å². The maximum Gasteiger partial charge on any atom is 0.146 e. The van der Waals surface area contributed by atoms with Crippen LogP contribution in [-0.4, -0.2) is 76.0 Å². The minimum Gasteiger partial charge on any atom is -0.486 e. The molecule has 1 aromatic heterocycles.